The lowest BCUT2D eigenvalue weighted by molar-refractivity contribution is -0.145. The smallest absolute Gasteiger partial charge is 0.308 e. The topological polar surface area (TPSA) is 44.8 Å². The van der Waals surface area contributed by atoms with Gasteiger partial charge in [0.15, 0.2) is 0 Å². The maximum atomic E-state index is 11.4. The maximum absolute atomic E-state index is 11.4. The number of hydrogen-bond donors (Lipinski definition) is 0. The van der Waals surface area contributed by atoms with E-state index in [1.165, 1.54) is 7.11 Å². The summed E-state index contributed by atoms with van der Waals surface area (Å²) in [5.41, 5.74) is 0. The van der Waals surface area contributed by atoms with Crippen LogP contribution >= 0.6 is 0 Å². The Morgan fingerprint density at radius 1 is 1.37 bits per heavy atom. The lowest BCUT2D eigenvalue weighted by Gasteiger charge is -2.21. The number of carbonyl (C=O) groups is 1. The van der Waals surface area contributed by atoms with Crippen LogP contribution in [0, 0.1) is 23.7 Å². The summed E-state index contributed by atoms with van der Waals surface area (Å²) in [5.74, 6) is 6.54. The van der Waals surface area contributed by atoms with Crippen LogP contribution in [-0.2, 0) is 19.0 Å². The van der Waals surface area contributed by atoms with E-state index in [0.29, 0.717) is 19.1 Å². The van der Waals surface area contributed by atoms with Crippen LogP contribution in [0.2, 0.25) is 0 Å². The van der Waals surface area contributed by atoms with E-state index in [1.807, 2.05) is 0 Å². The molecule has 1 aliphatic carbocycles. The fourth-order valence-electron chi connectivity index (χ4n) is 2.68. The van der Waals surface area contributed by atoms with Gasteiger partial charge >= 0.3 is 5.97 Å². The fraction of sp³-hybridized carbons (Fsp3) is 0.800. The Balaban J connectivity index is 1.65. The molecule has 1 aliphatic heterocycles. The lowest BCUT2D eigenvalue weighted by atomic mass is 10.1. The second-order valence-electron chi connectivity index (χ2n) is 5.20. The van der Waals surface area contributed by atoms with Gasteiger partial charge in [0.2, 0.25) is 0 Å². The summed E-state index contributed by atoms with van der Waals surface area (Å²) in [5, 5.41) is 0. The van der Waals surface area contributed by atoms with Crippen LogP contribution < -0.4 is 0 Å². The van der Waals surface area contributed by atoms with Crippen molar-refractivity contribution in [1.82, 2.24) is 0 Å². The molecule has 4 heteroatoms. The summed E-state index contributed by atoms with van der Waals surface area (Å²) in [6.07, 6.45) is 5.04. The SMILES string of the molecule is COC(=O)[C@H]1CC[C@@H](C#CCOC2CCCOC2)C1. The molecule has 2 rings (SSSR count). The van der Waals surface area contributed by atoms with Gasteiger partial charge in [-0.05, 0) is 32.1 Å². The first-order valence-corrected chi connectivity index (χ1v) is 7.05. The second-order valence-corrected chi connectivity index (χ2v) is 5.20. The molecule has 1 saturated heterocycles. The quantitative estimate of drug-likeness (QED) is 0.577. The third kappa shape index (κ3) is 4.52. The van der Waals surface area contributed by atoms with Crippen molar-refractivity contribution in [2.24, 2.45) is 11.8 Å². The molecule has 0 N–H and O–H groups in total. The standard InChI is InChI=1S/C15H22O4/c1-17-15(16)13-7-6-12(10-13)4-2-9-19-14-5-3-8-18-11-14/h12-14H,3,5-11H2,1H3/t12-,13+,14?/m1/s1. The van der Waals surface area contributed by atoms with E-state index < -0.39 is 0 Å². The molecule has 2 fully saturated rings. The Morgan fingerprint density at radius 3 is 3.00 bits per heavy atom. The summed E-state index contributed by atoms with van der Waals surface area (Å²) < 4.78 is 15.8. The van der Waals surface area contributed by atoms with Crippen molar-refractivity contribution >= 4 is 5.97 Å². The lowest BCUT2D eigenvalue weighted by Crippen LogP contribution is -2.25. The first kappa shape index (κ1) is 14.4. The highest BCUT2D eigenvalue weighted by molar-refractivity contribution is 5.72. The van der Waals surface area contributed by atoms with E-state index in [-0.39, 0.29) is 18.0 Å². The third-order valence-electron chi connectivity index (χ3n) is 3.78. The predicted octanol–water partition coefficient (Wildman–Crippen LogP) is 1.77. The highest BCUT2D eigenvalue weighted by Gasteiger charge is 2.29. The first-order chi connectivity index (χ1) is 9.29. The molecule has 0 aromatic heterocycles. The molecule has 1 heterocycles. The molecule has 3 atom stereocenters. The molecule has 2 aliphatic rings. The molecule has 1 unspecified atom stereocenters. The Hall–Kier alpha value is -1.05. The molecule has 0 radical (unpaired) electrons. The summed E-state index contributed by atoms with van der Waals surface area (Å²) in [7, 11) is 1.45. The minimum absolute atomic E-state index is 0.0389. The van der Waals surface area contributed by atoms with E-state index in [1.54, 1.807) is 0 Å². The number of methoxy groups -OCH3 is 1. The van der Waals surface area contributed by atoms with Crippen molar-refractivity contribution in [3.05, 3.63) is 0 Å². The van der Waals surface area contributed by atoms with Gasteiger partial charge in [0.1, 0.15) is 6.61 Å². The number of esters is 1. The molecule has 0 aromatic rings. The van der Waals surface area contributed by atoms with Crippen LogP contribution in [-0.4, -0.2) is 39.0 Å². The highest BCUT2D eigenvalue weighted by atomic mass is 16.5. The van der Waals surface area contributed by atoms with Gasteiger partial charge in [0.25, 0.3) is 0 Å². The molecular formula is C15H22O4. The van der Waals surface area contributed by atoms with Crippen molar-refractivity contribution in [3.8, 4) is 11.8 Å². The second kappa shape index (κ2) is 7.52. The number of carbonyl (C=O) groups excluding carboxylic acids is 1. The van der Waals surface area contributed by atoms with Crippen molar-refractivity contribution in [2.45, 2.75) is 38.2 Å². The first-order valence-electron chi connectivity index (χ1n) is 7.05. The third-order valence-corrected chi connectivity index (χ3v) is 3.78. The Bertz CT molecular complexity index is 349. The van der Waals surface area contributed by atoms with Gasteiger partial charge in [0.05, 0.1) is 25.7 Å². The molecule has 0 amide bonds. The van der Waals surface area contributed by atoms with Gasteiger partial charge in [-0.25, -0.2) is 0 Å². The Morgan fingerprint density at radius 2 is 2.26 bits per heavy atom. The highest BCUT2D eigenvalue weighted by Crippen LogP contribution is 2.31. The van der Waals surface area contributed by atoms with Gasteiger partial charge in [0, 0.05) is 12.5 Å². The van der Waals surface area contributed by atoms with E-state index in [0.717, 1.165) is 38.7 Å². The van der Waals surface area contributed by atoms with E-state index in [4.69, 9.17) is 14.2 Å². The van der Waals surface area contributed by atoms with Crippen LogP contribution in [0.5, 0.6) is 0 Å². The summed E-state index contributed by atoms with van der Waals surface area (Å²) in [6, 6.07) is 0. The largest absolute Gasteiger partial charge is 0.469 e. The molecule has 0 bridgehead atoms. The Kier molecular flexibility index (Phi) is 5.68. The molecule has 0 aromatic carbocycles. The molecule has 19 heavy (non-hydrogen) atoms. The van der Waals surface area contributed by atoms with Gasteiger partial charge in [-0.3, -0.25) is 4.79 Å². The fourth-order valence-corrected chi connectivity index (χ4v) is 2.68. The van der Waals surface area contributed by atoms with E-state index in [9.17, 15) is 4.79 Å². The van der Waals surface area contributed by atoms with Gasteiger partial charge in [-0.2, -0.15) is 0 Å². The van der Waals surface area contributed by atoms with Gasteiger partial charge < -0.3 is 14.2 Å². The van der Waals surface area contributed by atoms with Crippen LogP contribution in [0.1, 0.15) is 32.1 Å². The maximum Gasteiger partial charge on any atom is 0.308 e. The number of ether oxygens (including phenoxy) is 3. The normalized spacial score (nSPS) is 30.5. The summed E-state index contributed by atoms with van der Waals surface area (Å²) in [4.78, 5) is 11.4. The zero-order chi connectivity index (χ0) is 13.5. The van der Waals surface area contributed by atoms with Gasteiger partial charge in [-0.15, -0.1) is 0 Å². The monoisotopic (exact) mass is 266 g/mol. The van der Waals surface area contributed by atoms with E-state index in [2.05, 4.69) is 11.8 Å². The van der Waals surface area contributed by atoms with Crippen molar-refractivity contribution in [2.75, 3.05) is 26.9 Å². The number of hydrogen-bond acceptors (Lipinski definition) is 4. The zero-order valence-corrected chi connectivity index (χ0v) is 11.5. The Labute approximate surface area is 114 Å². The molecular weight excluding hydrogens is 244 g/mol. The molecule has 4 nitrogen and oxygen atoms in total. The summed E-state index contributed by atoms with van der Waals surface area (Å²) >= 11 is 0. The van der Waals surface area contributed by atoms with E-state index >= 15 is 0 Å². The van der Waals surface area contributed by atoms with Gasteiger partial charge in [-0.1, -0.05) is 11.8 Å². The van der Waals surface area contributed by atoms with Crippen LogP contribution in [0.3, 0.4) is 0 Å². The van der Waals surface area contributed by atoms with Crippen molar-refractivity contribution < 1.29 is 19.0 Å². The van der Waals surface area contributed by atoms with Crippen LogP contribution in [0.15, 0.2) is 0 Å². The molecule has 106 valence electrons. The van der Waals surface area contributed by atoms with Crippen molar-refractivity contribution in [3.63, 3.8) is 0 Å². The summed E-state index contributed by atoms with van der Waals surface area (Å²) in [6.45, 7) is 2.01. The minimum atomic E-state index is -0.0973. The molecule has 0 spiro atoms. The number of rotatable bonds is 3. The van der Waals surface area contributed by atoms with Crippen LogP contribution in [0.25, 0.3) is 0 Å². The minimum Gasteiger partial charge on any atom is -0.469 e. The molecule has 1 saturated carbocycles. The van der Waals surface area contributed by atoms with Crippen LogP contribution in [0.4, 0.5) is 0 Å². The predicted molar refractivity (Wildman–Crippen MR) is 70.4 cm³/mol. The average molecular weight is 266 g/mol. The zero-order valence-electron chi connectivity index (χ0n) is 11.5. The van der Waals surface area contributed by atoms with Crippen molar-refractivity contribution in [1.29, 1.82) is 0 Å². The average Bonchev–Trinajstić information content (AvgIpc) is 2.93.